The van der Waals surface area contributed by atoms with Crippen LogP contribution in [0, 0.1) is 11.3 Å². The molecule has 0 aliphatic heterocycles. The van der Waals surface area contributed by atoms with E-state index in [4.69, 9.17) is 9.47 Å². The highest BCUT2D eigenvalue weighted by Crippen LogP contribution is 2.36. The Hall–Kier alpha value is -2.94. The van der Waals surface area contributed by atoms with Crippen LogP contribution in [0.2, 0.25) is 0 Å². The van der Waals surface area contributed by atoms with Crippen molar-refractivity contribution in [3.05, 3.63) is 47.8 Å². The highest BCUT2D eigenvalue weighted by atomic mass is 16.5. The minimum Gasteiger partial charge on any atom is -0.497 e. The zero-order valence-corrected chi connectivity index (χ0v) is 13.7. The topological polar surface area (TPSA) is 76.3 Å². The molecule has 1 aliphatic rings. The van der Waals surface area contributed by atoms with Crippen LogP contribution in [-0.2, 0) is 0 Å². The van der Waals surface area contributed by atoms with Gasteiger partial charge in [-0.1, -0.05) is 0 Å². The van der Waals surface area contributed by atoms with E-state index in [1.807, 2.05) is 16.8 Å². The van der Waals surface area contributed by atoms with Crippen molar-refractivity contribution in [3.63, 3.8) is 0 Å². The molecule has 124 valence electrons. The van der Waals surface area contributed by atoms with Gasteiger partial charge in [0.05, 0.1) is 20.3 Å². The van der Waals surface area contributed by atoms with E-state index in [2.05, 4.69) is 11.4 Å². The van der Waals surface area contributed by atoms with Gasteiger partial charge in [-0.2, -0.15) is 5.26 Å². The Morgan fingerprint density at radius 1 is 1.33 bits per heavy atom. The number of carbonyl (C=O) groups is 1. The number of carbonyl (C=O) groups excluding carboxylic acids is 1. The maximum atomic E-state index is 12.6. The number of hydrogen-bond donors (Lipinski definition) is 1. The van der Waals surface area contributed by atoms with Crippen LogP contribution in [0.3, 0.4) is 0 Å². The van der Waals surface area contributed by atoms with E-state index in [9.17, 15) is 10.1 Å². The Bertz CT molecular complexity index is 787. The summed E-state index contributed by atoms with van der Waals surface area (Å²) in [7, 11) is 3.08. The van der Waals surface area contributed by atoms with E-state index < -0.39 is 6.04 Å². The predicted octanol–water partition coefficient (Wildman–Crippen LogP) is 2.83. The first kappa shape index (κ1) is 15.9. The lowest BCUT2D eigenvalue weighted by molar-refractivity contribution is 0.0935. The molecule has 1 amide bonds. The van der Waals surface area contributed by atoms with Gasteiger partial charge in [0.1, 0.15) is 23.2 Å². The van der Waals surface area contributed by atoms with Crippen LogP contribution in [0.25, 0.3) is 0 Å². The summed E-state index contributed by atoms with van der Waals surface area (Å²) in [6.45, 7) is 0. The molecule has 1 fully saturated rings. The molecule has 0 radical (unpaired) electrons. The normalized spacial score (nSPS) is 14.5. The number of rotatable bonds is 6. The van der Waals surface area contributed by atoms with E-state index in [-0.39, 0.29) is 5.91 Å². The number of nitriles is 1. The van der Waals surface area contributed by atoms with Crippen molar-refractivity contribution in [2.75, 3.05) is 14.2 Å². The summed E-state index contributed by atoms with van der Waals surface area (Å²) in [4.78, 5) is 12.6. The molecule has 1 atom stereocenters. The number of benzene rings is 1. The number of amides is 1. The minimum atomic E-state index is -0.805. The molecule has 1 unspecified atom stereocenters. The van der Waals surface area contributed by atoms with Crippen LogP contribution in [0.5, 0.6) is 11.5 Å². The Morgan fingerprint density at radius 2 is 2.12 bits per heavy atom. The number of nitrogens with one attached hydrogen (secondary N) is 1. The lowest BCUT2D eigenvalue weighted by Crippen LogP contribution is -2.29. The molecule has 6 nitrogen and oxygen atoms in total. The molecular weight excluding hydrogens is 306 g/mol. The van der Waals surface area contributed by atoms with E-state index in [0.29, 0.717) is 28.8 Å². The second kappa shape index (κ2) is 6.67. The molecule has 1 saturated carbocycles. The lowest BCUT2D eigenvalue weighted by Gasteiger charge is -2.17. The lowest BCUT2D eigenvalue weighted by atomic mass is 10.1. The monoisotopic (exact) mass is 325 g/mol. The van der Waals surface area contributed by atoms with Gasteiger partial charge in [0.15, 0.2) is 0 Å². The highest BCUT2D eigenvalue weighted by Gasteiger charge is 2.28. The van der Waals surface area contributed by atoms with Crippen molar-refractivity contribution in [1.82, 2.24) is 9.88 Å². The molecule has 0 saturated heterocycles. The highest BCUT2D eigenvalue weighted by molar-refractivity contribution is 5.93. The third-order valence-corrected chi connectivity index (χ3v) is 4.11. The molecule has 2 aromatic rings. The van der Waals surface area contributed by atoms with Crippen molar-refractivity contribution in [1.29, 1.82) is 5.26 Å². The summed E-state index contributed by atoms with van der Waals surface area (Å²) in [5.74, 6) is 0.858. The van der Waals surface area contributed by atoms with E-state index in [0.717, 1.165) is 12.8 Å². The first-order valence-corrected chi connectivity index (χ1v) is 7.77. The molecule has 6 heteroatoms. The average molecular weight is 325 g/mol. The first-order valence-electron chi connectivity index (χ1n) is 7.77. The molecule has 3 rings (SSSR count). The van der Waals surface area contributed by atoms with Crippen LogP contribution in [0.4, 0.5) is 0 Å². The molecule has 0 bridgehead atoms. The Kier molecular flexibility index (Phi) is 4.43. The van der Waals surface area contributed by atoms with Crippen molar-refractivity contribution in [2.24, 2.45) is 0 Å². The number of nitrogens with zero attached hydrogens (tertiary/aromatic N) is 2. The number of methoxy groups -OCH3 is 2. The fourth-order valence-corrected chi connectivity index (χ4v) is 2.70. The van der Waals surface area contributed by atoms with Gasteiger partial charge in [0, 0.05) is 23.9 Å². The van der Waals surface area contributed by atoms with Crippen LogP contribution in [0.15, 0.2) is 36.5 Å². The van der Waals surface area contributed by atoms with Crippen LogP contribution in [0.1, 0.15) is 41.0 Å². The van der Waals surface area contributed by atoms with Gasteiger partial charge >= 0.3 is 0 Å². The van der Waals surface area contributed by atoms with Crippen LogP contribution >= 0.6 is 0 Å². The van der Waals surface area contributed by atoms with Gasteiger partial charge < -0.3 is 19.4 Å². The number of hydrogen-bond acceptors (Lipinski definition) is 4. The van der Waals surface area contributed by atoms with E-state index in [1.54, 1.807) is 31.4 Å². The number of ether oxygens (including phenoxy) is 2. The third kappa shape index (κ3) is 3.06. The molecule has 1 aromatic heterocycles. The molecule has 24 heavy (non-hydrogen) atoms. The second-order valence-corrected chi connectivity index (χ2v) is 5.68. The summed E-state index contributed by atoms with van der Waals surface area (Å²) in [5.41, 5.74) is 1.17. The SMILES string of the molecule is COc1ccc(C(C#N)NC(=O)c2cccn2C2CC2)c(OC)c1. The fraction of sp³-hybridized carbons (Fsp3) is 0.333. The molecule has 1 aromatic carbocycles. The Balaban J connectivity index is 1.83. The summed E-state index contributed by atoms with van der Waals surface area (Å²) in [6, 6.07) is 10.5. The quantitative estimate of drug-likeness (QED) is 0.886. The first-order chi connectivity index (χ1) is 11.7. The summed E-state index contributed by atoms with van der Waals surface area (Å²) >= 11 is 0. The third-order valence-electron chi connectivity index (χ3n) is 4.11. The standard InChI is InChI=1S/C18H19N3O3/c1-23-13-7-8-14(17(10-13)24-2)15(11-19)20-18(22)16-4-3-9-21(16)12-5-6-12/h3-4,7-10,12,15H,5-6H2,1-2H3,(H,20,22). The fourth-order valence-electron chi connectivity index (χ4n) is 2.70. The molecular formula is C18H19N3O3. The predicted molar refractivity (Wildman–Crippen MR) is 88.1 cm³/mol. The van der Waals surface area contributed by atoms with E-state index >= 15 is 0 Å². The van der Waals surface area contributed by atoms with Gasteiger partial charge in [-0.3, -0.25) is 4.79 Å². The maximum Gasteiger partial charge on any atom is 0.269 e. The molecule has 1 N–H and O–H groups in total. The van der Waals surface area contributed by atoms with Crippen LogP contribution < -0.4 is 14.8 Å². The molecule has 1 heterocycles. The zero-order valence-electron chi connectivity index (χ0n) is 13.7. The summed E-state index contributed by atoms with van der Waals surface area (Å²) in [5, 5.41) is 12.3. The van der Waals surface area contributed by atoms with Crippen LogP contribution in [-0.4, -0.2) is 24.7 Å². The Labute approximate surface area is 140 Å². The largest absolute Gasteiger partial charge is 0.497 e. The van der Waals surface area contributed by atoms with Crippen molar-refractivity contribution in [3.8, 4) is 17.6 Å². The molecule has 1 aliphatic carbocycles. The average Bonchev–Trinajstić information content (AvgIpc) is 3.35. The van der Waals surface area contributed by atoms with E-state index in [1.165, 1.54) is 7.11 Å². The van der Waals surface area contributed by atoms with Crippen molar-refractivity contribution >= 4 is 5.91 Å². The smallest absolute Gasteiger partial charge is 0.269 e. The van der Waals surface area contributed by atoms with Gasteiger partial charge in [-0.15, -0.1) is 0 Å². The van der Waals surface area contributed by atoms with Gasteiger partial charge in [0.25, 0.3) is 5.91 Å². The maximum absolute atomic E-state index is 12.6. The van der Waals surface area contributed by atoms with Gasteiger partial charge in [0.2, 0.25) is 0 Å². The van der Waals surface area contributed by atoms with Gasteiger partial charge in [-0.05, 0) is 37.1 Å². The van der Waals surface area contributed by atoms with Gasteiger partial charge in [-0.25, -0.2) is 0 Å². The molecule has 0 spiro atoms. The second-order valence-electron chi connectivity index (χ2n) is 5.68. The number of aromatic nitrogens is 1. The zero-order chi connectivity index (χ0) is 17.1. The minimum absolute atomic E-state index is 0.267. The summed E-state index contributed by atoms with van der Waals surface area (Å²) < 4.78 is 12.5. The summed E-state index contributed by atoms with van der Waals surface area (Å²) in [6.07, 6.45) is 4.08. The van der Waals surface area contributed by atoms with Crippen molar-refractivity contribution in [2.45, 2.75) is 24.9 Å². The Morgan fingerprint density at radius 3 is 2.75 bits per heavy atom. The van der Waals surface area contributed by atoms with Crippen molar-refractivity contribution < 1.29 is 14.3 Å².